The van der Waals surface area contributed by atoms with Crippen molar-refractivity contribution in [3.63, 3.8) is 0 Å². The summed E-state index contributed by atoms with van der Waals surface area (Å²) in [6.07, 6.45) is 7.63. The molecule has 0 unspecified atom stereocenters. The molecule has 0 bridgehead atoms. The lowest BCUT2D eigenvalue weighted by Gasteiger charge is -2.22. The molecule has 20 heavy (non-hydrogen) atoms. The molecule has 0 fully saturated rings. The zero-order chi connectivity index (χ0) is 13.5. The quantitative estimate of drug-likeness (QED) is 0.800. The van der Waals surface area contributed by atoms with E-state index in [1.807, 2.05) is 0 Å². The summed E-state index contributed by atoms with van der Waals surface area (Å²) >= 11 is 1.76. The minimum Gasteiger partial charge on any atom is -0.294 e. The molecule has 0 atom stereocenters. The van der Waals surface area contributed by atoms with Crippen molar-refractivity contribution in [2.45, 2.75) is 44.9 Å². The number of Topliss-reactive ketones (excluding diaryl/α,β-unsaturated/α-hetero) is 1. The standard InChI is InChI=1S/C18H18OS/c19-18-6-5-15-16(9-12-7-8-20-11-12)14-4-2-1-3-13(14)10-17(15)18/h7-8,10-11H,1-6,9H2. The third-order valence-electron chi connectivity index (χ3n) is 4.75. The maximum absolute atomic E-state index is 12.1. The maximum Gasteiger partial charge on any atom is 0.163 e. The van der Waals surface area contributed by atoms with Crippen LogP contribution in [0.15, 0.2) is 22.9 Å². The van der Waals surface area contributed by atoms with Crippen molar-refractivity contribution in [2.75, 3.05) is 0 Å². The Hall–Kier alpha value is -1.41. The number of carbonyl (C=O) groups excluding carboxylic acids is 1. The molecule has 2 heteroatoms. The third kappa shape index (κ3) is 1.94. The van der Waals surface area contributed by atoms with E-state index in [0.717, 1.165) is 31.2 Å². The van der Waals surface area contributed by atoms with E-state index in [2.05, 4.69) is 22.9 Å². The number of rotatable bonds is 2. The van der Waals surface area contributed by atoms with Crippen LogP contribution in [0.25, 0.3) is 0 Å². The van der Waals surface area contributed by atoms with E-state index >= 15 is 0 Å². The first-order valence-electron chi connectivity index (χ1n) is 7.53. The van der Waals surface area contributed by atoms with E-state index in [9.17, 15) is 4.79 Å². The average Bonchev–Trinajstić information content (AvgIpc) is 3.10. The molecule has 1 aromatic carbocycles. The van der Waals surface area contributed by atoms with E-state index < -0.39 is 0 Å². The lowest BCUT2D eigenvalue weighted by molar-refractivity contribution is 0.0994. The summed E-state index contributed by atoms with van der Waals surface area (Å²) in [4.78, 5) is 12.1. The summed E-state index contributed by atoms with van der Waals surface area (Å²) in [5.74, 6) is 0.361. The molecule has 0 amide bonds. The summed E-state index contributed by atoms with van der Waals surface area (Å²) in [7, 11) is 0. The number of benzene rings is 1. The van der Waals surface area contributed by atoms with Gasteiger partial charge in [-0.3, -0.25) is 4.79 Å². The number of thiophene rings is 1. The minimum atomic E-state index is 0.361. The van der Waals surface area contributed by atoms with Crippen LogP contribution in [0, 0.1) is 0 Å². The molecule has 0 saturated heterocycles. The van der Waals surface area contributed by atoms with Gasteiger partial charge in [0.25, 0.3) is 0 Å². The Morgan fingerprint density at radius 1 is 1.05 bits per heavy atom. The fraction of sp³-hybridized carbons (Fsp3) is 0.389. The van der Waals surface area contributed by atoms with Crippen molar-refractivity contribution < 1.29 is 4.79 Å². The second-order valence-corrected chi connectivity index (χ2v) is 6.74. The second kappa shape index (κ2) is 4.85. The van der Waals surface area contributed by atoms with Gasteiger partial charge in [0.15, 0.2) is 5.78 Å². The predicted molar refractivity (Wildman–Crippen MR) is 82.9 cm³/mol. The van der Waals surface area contributed by atoms with Crippen molar-refractivity contribution in [2.24, 2.45) is 0 Å². The summed E-state index contributed by atoms with van der Waals surface area (Å²) in [6.45, 7) is 0. The molecule has 1 aromatic heterocycles. The monoisotopic (exact) mass is 282 g/mol. The van der Waals surface area contributed by atoms with Crippen LogP contribution in [-0.4, -0.2) is 5.78 Å². The molecule has 1 nitrogen and oxygen atoms in total. The van der Waals surface area contributed by atoms with Crippen LogP contribution in [0.2, 0.25) is 0 Å². The topological polar surface area (TPSA) is 17.1 Å². The molecule has 0 N–H and O–H groups in total. The lowest BCUT2D eigenvalue weighted by Crippen LogP contribution is -2.11. The van der Waals surface area contributed by atoms with Crippen LogP contribution in [0.4, 0.5) is 0 Å². The molecule has 4 rings (SSSR count). The van der Waals surface area contributed by atoms with Crippen LogP contribution < -0.4 is 0 Å². The summed E-state index contributed by atoms with van der Waals surface area (Å²) in [5, 5.41) is 4.39. The molecule has 0 saturated carbocycles. The Morgan fingerprint density at radius 3 is 2.80 bits per heavy atom. The molecule has 0 radical (unpaired) electrons. The van der Waals surface area contributed by atoms with E-state index in [1.54, 1.807) is 16.9 Å². The predicted octanol–water partition coefficient (Wildman–Crippen LogP) is 4.35. The molecular formula is C18H18OS. The molecule has 102 valence electrons. The first kappa shape index (κ1) is 12.3. The van der Waals surface area contributed by atoms with Crippen LogP contribution >= 0.6 is 11.3 Å². The number of fused-ring (bicyclic) bond motifs is 2. The van der Waals surface area contributed by atoms with E-state index in [0.29, 0.717) is 5.78 Å². The molecular weight excluding hydrogens is 264 g/mol. The summed E-state index contributed by atoms with van der Waals surface area (Å²) < 4.78 is 0. The van der Waals surface area contributed by atoms with Gasteiger partial charge < -0.3 is 0 Å². The van der Waals surface area contributed by atoms with E-state index in [-0.39, 0.29) is 0 Å². The smallest absolute Gasteiger partial charge is 0.163 e. The molecule has 2 aliphatic rings. The van der Waals surface area contributed by atoms with Gasteiger partial charge in [-0.05, 0) is 89.2 Å². The van der Waals surface area contributed by atoms with Crippen LogP contribution in [0.1, 0.15) is 57.4 Å². The fourth-order valence-corrected chi connectivity index (χ4v) is 4.43. The van der Waals surface area contributed by atoms with Gasteiger partial charge >= 0.3 is 0 Å². The van der Waals surface area contributed by atoms with Crippen LogP contribution in [-0.2, 0) is 25.7 Å². The third-order valence-corrected chi connectivity index (χ3v) is 5.48. The Morgan fingerprint density at radius 2 is 1.95 bits per heavy atom. The number of ketones is 1. The Kier molecular flexibility index (Phi) is 2.99. The number of hydrogen-bond donors (Lipinski definition) is 0. The first-order chi connectivity index (χ1) is 9.83. The van der Waals surface area contributed by atoms with Gasteiger partial charge in [0, 0.05) is 12.0 Å². The Labute approximate surface area is 123 Å². The minimum absolute atomic E-state index is 0.361. The molecule has 0 aliphatic heterocycles. The normalized spacial score (nSPS) is 17.1. The zero-order valence-corrected chi connectivity index (χ0v) is 12.4. The number of carbonyl (C=O) groups is 1. The SMILES string of the molecule is O=C1CCc2c1cc1c(c2Cc2ccsc2)CCCC1. The first-order valence-corrected chi connectivity index (χ1v) is 8.48. The molecule has 1 heterocycles. The second-order valence-electron chi connectivity index (χ2n) is 5.96. The van der Waals surface area contributed by atoms with Crippen LogP contribution in [0.3, 0.4) is 0 Å². The highest BCUT2D eigenvalue weighted by Gasteiger charge is 2.27. The average molecular weight is 282 g/mol. The largest absolute Gasteiger partial charge is 0.294 e. The summed E-state index contributed by atoms with van der Waals surface area (Å²) in [6, 6.07) is 4.44. The number of aryl methyl sites for hydroxylation is 1. The maximum atomic E-state index is 12.1. The van der Waals surface area contributed by atoms with E-state index in [1.165, 1.54) is 41.5 Å². The van der Waals surface area contributed by atoms with Crippen molar-refractivity contribution in [3.05, 3.63) is 56.3 Å². The highest BCUT2D eigenvalue weighted by Crippen LogP contribution is 2.35. The van der Waals surface area contributed by atoms with Gasteiger partial charge in [-0.2, -0.15) is 11.3 Å². The summed E-state index contributed by atoms with van der Waals surface area (Å²) in [5.41, 5.74) is 8.31. The number of hydrogen-bond acceptors (Lipinski definition) is 2. The van der Waals surface area contributed by atoms with E-state index in [4.69, 9.17) is 0 Å². The zero-order valence-electron chi connectivity index (χ0n) is 11.6. The van der Waals surface area contributed by atoms with Gasteiger partial charge in [-0.1, -0.05) is 0 Å². The highest BCUT2D eigenvalue weighted by atomic mass is 32.1. The van der Waals surface area contributed by atoms with Crippen LogP contribution in [0.5, 0.6) is 0 Å². The Bertz CT molecular complexity index is 667. The lowest BCUT2D eigenvalue weighted by atomic mass is 9.82. The van der Waals surface area contributed by atoms with Crippen molar-refractivity contribution in [1.29, 1.82) is 0 Å². The van der Waals surface area contributed by atoms with Gasteiger partial charge in [0.05, 0.1) is 0 Å². The Balaban J connectivity index is 1.88. The fourth-order valence-electron chi connectivity index (χ4n) is 3.76. The van der Waals surface area contributed by atoms with Gasteiger partial charge in [-0.25, -0.2) is 0 Å². The molecule has 0 spiro atoms. The van der Waals surface area contributed by atoms with Crippen molar-refractivity contribution in [1.82, 2.24) is 0 Å². The van der Waals surface area contributed by atoms with Gasteiger partial charge in [0.1, 0.15) is 0 Å². The van der Waals surface area contributed by atoms with Crippen molar-refractivity contribution >= 4 is 17.1 Å². The van der Waals surface area contributed by atoms with Gasteiger partial charge in [-0.15, -0.1) is 0 Å². The molecule has 2 aromatic rings. The van der Waals surface area contributed by atoms with Gasteiger partial charge in [0.2, 0.25) is 0 Å². The van der Waals surface area contributed by atoms with Crippen molar-refractivity contribution in [3.8, 4) is 0 Å². The highest BCUT2D eigenvalue weighted by molar-refractivity contribution is 7.07. The molecule has 2 aliphatic carbocycles.